The lowest BCUT2D eigenvalue weighted by molar-refractivity contribution is 0.0839. The molecule has 1 aromatic rings. The van der Waals surface area contributed by atoms with Crippen LogP contribution in [0, 0.1) is 5.92 Å². The quantitative estimate of drug-likeness (QED) is 0.839. The molecule has 0 aliphatic heterocycles. The molecular formula is C15H26N2O2S. The first-order chi connectivity index (χ1) is 9.44. The van der Waals surface area contributed by atoms with Crippen LogP contribution in [0.25, 0.3) is 0 Å². The third-order valence-electron chi connectivity index (χ3n) is 3.40. The van der Waals surface area contributed by atoms with Gasteiger partial charge in [-0.2, -0.15) is 0 Å². The first-order valence-electron chi connectivity index (χ1n) is 7.20. The molecule has 1 heterocycles. The highest BCUT2D eigenvalue weighted by atomic mass is 32.1. The lowest BCUT2D eigenvalue weighted by atomic mass is 10.1. The van der Waals surface area contributed by atoms with Crippen LogP contribution < -0.4 is 5.32 Å². The number of methoxy groups -OCH3 is 2. The van der Waals surface area contributed by atoms with Gasteiger partial charge in [0.25, 0.3) is 0 Å². The van der Waals surface area contributed by atoms with Crippen molar-refractivity contribution in [1.82, 2.24) is 10.3 Å². The van der Waals surface area contributed by atoms with Gasteiger partial charge in [0.15, 0.2) is 0 Å². The molecule has 0 spiro atoms. The predicted molar refractivity (Wildman–Crippen MR) is 81.9 cm³/mol. The third kappa shape index (κ3) is 4.25. The zero-order valence-corrected chi connectivity index (χ0v) is 14.0. The van der Waals surface area contributed by atoms with Gasteiger partial charge in [0.2, 0.25) is 0 Å². The number of ether oxygens (including phenoxy) is 2. The maximum absolute atomic E-state index is 5.64. The molecule has 0 amide bonds. The summed E-state index contributed by atoms with van der Waals surface area (Å²) in [5.74, 6) is 0.657. The fraction of sp³-hybridized carbons (Fsp3) is 0.800. The average molecular weight is 298 g/mol. The zero-order chi connectivity index (χ0) is 14.8. The van der Waals surface area contributed by atoms with Crippen LogP contribution >= 0.6 is 11.3 Å². The molecule has 4 nitrogen and oxygen atoms in total. The van der Waals surface area contributed by atoms with Crippen molar-refractivity contribution in [2.24, 2.45) is 5.92 Å². The van der Waals surface area contributed by atoms with Crippen molar-refractivity contribution in [1.29, 1.82) is 0 Å². The van der Waals surface area contributed by atoms with Gasteiger partial charge in [-0.3, -0.25) is 0 Å². The molecule has 1 aliphatic carbocycles. The highest BCUT2D eigenvalue weighted by molar-refractivity contribution is 7.11. The Kier molecular flexibility index (Phi) is 5.18. The highest BCUT2D eigenvalue weighted by Crippen LogP contribution is 2.44. The topological polar surface area (TPSA) is 43.4 Å². The van der Waals surface area contributed by atoms with E-state index in [1.54, 1.807) is 25.6 Å². The largest absolute Gasteiger partial charge is 0.378 e. The van der Waals surface area contributed by atoms with Crippen molar-refractivity contribution < 1.29 is 9.47 Å². The molecule has 1 saturated carbocycles. The number of hydrogen-bond acceptors (Lipinski definition) is 5. The second kappa shape index (κ2) is 6.52. The van der Waals surface area contributed by atoms with Crippen molar-refractivity contribution in [3.63, 3.8) is 0 Å². The van der Waals surface area contributed by atoms with E-state index in [0.717, 1.165) is 17.2 Å². The Morgan fingerprint density at radius 3 is 2.55 bits per heavy atom. The lowest BCUT2D eigenvalue weighted by Crippen LogP contribution is -2.35. The molecule has 0 saturated heterocycles. The molecule has 1 aliphatic rings. The molecule has 1 fully saturated rings. The Morgan fingerprint density at radius 2 is 2.05 bits per heavy atom. The molecule has 1 N–H and O–H groups in total. The lowest BCUT2D eigenvalue weighted by Gasteiger charge is -2.20. The number of thiazole rings is 1. The van der Waals surface area contributed by atoms with E-state index in [1.165, 1.54) is 17.7 Å². The summed E-state index contributed by atoms with van der Waals surface area (Å²) >= 11 is 1.76. The number of aromatic nitrogens is 1. The maximum Gasteiger partial charge on any atom is 0.122 e. The van der Waals surface area contributed by atoms with Crippen LogP contribution in [0.1, 0.15) is 55.3 Å². The minimum absolute atomic E-state index is 0.103. The van der Waals surface area contributed by atoms with Crippen LogP contribution in [0.5, 0.6) is 0 Å². The van der Waals surface area contributed by atoms with E-state index in [4.69, 9.17) is 14.5 Å². The Hall–Kier alpha value is -0.490. The van der Waals surface area contributed by atoms with Crippen molar-refractivity contribution in [3.8, 4) is 0 Å². The van der Waals surface area contributed by atoms with Gasteiger partial charge in [-0.1, -0.05) is 0 Å². The summed E-state index contributed by atoms with van der Waals surface area (Å²) in [5.41, 5.74) is 1.15. The first kappa shape index (κ1) is 15.9. The second-order valence-corrected chi connectivity index (χ2v) is 7.57. The molecule has 2 rings (SSSR count). The van der Waals surface area contributed by atoms with E-state index in [9.17, 15) is 0 Å². The molecule has 0 aromatic carbocycles. The van der Waals surface area contributed by atoms with Gasteiger partial charge in [0.05, 0.1) is 12.3 Å². The molecule has 0 bridgehead atoms. The summed E-state index contributed by atoms with van der Waals surface area (Å²) in [7, 11) is 3.50. The Labute approximate surface area is 125 Å². The van der Waals surface area contributed by atoms with Gasteiger partial charge in [-0.15, -0.1) is 11.3 Å². The summed E-state index contributed by atoms with van der Waals surface area (Å²) in [4.78, 5) is 6.02. The molecule has 114 valence electrons. The molecule has 20 heavy (non-hydrogen) atoms. The summed E-state index contributed by atoms with van der Waals surface area (Å²) in [5, 5.41) is 4.63. The summed E-state index contributed by atoms with van der Waals surface area (Å²) < 4.78 is 10.9. The summed E-state index contributed by atoms with van der Waals surface area (Å²) in [6, 6.07) is 0. The van der Waals surface area contributed by atoms with Gasteiger partial charge in [0.1, 0.15) is 11.1 Å². The summed E-state index contributed by atoms with van der Waals surface area (Å²) in [6.45, 7) is 7.92. The number of rotatable bonds is 7. The van der Waals surface area contributed by atoms with Gasteiger partial charge < -0.3 is 14.8 Å². The fourth-order valence-electron chi connectivity index (χ4n) is 2.15. The monoisotopic (exact) mass is 298 g/mol. The summed E-state index contributed by atoms with van der Waals surface area (Å²) in [6.07, 6.45) is 2.68. The molecule has 0 radical (unpaired) electrons. The standard InChI is InChI=1S/C15H26N2O2S/c1-15(2,3)16-8-12-11(9-18-4)17-14(20-12)13(19-5)10-6-7-10/h10,13,16H,6-9H2,1-5H3. The Balaban J connectivity index is 2.14. The second-order valence-electron chi connectivity index (χ2n) is 6.45. The van der Waals surface area contributed by atoms with E-state index in [2.05, 4.69) is 26.1 Å². The average Bonchev–Trinajstić information content (AvgIpc) is 3.10. The van der Waals surface area contributed by atoms with Crippen LogP contribution in [0.15, 0.2) is 0 Å². The van der Waals surface area contributed by atoms with Crippen LogP contribution in [0.3, 0.4) is 0 Å². The predicted octanol–water partition coefficient (Wildman–Crippen LogP) is 3.28. The normalized spacial score (nSPS) is 17.4. The van der Waals surface area contributed by atoms with Gasteiger partial charge in [-0.25, -0.2) is 4.98 Å². The minimum atomic E-state index is 0.103. The SMILES string of the molecule is COCc1nc(C(OC)C2CC2)sc1CNC(C)(C)C. The maximum atomic E-state index is 5.64. The minimum Gasteiger partial charge on any atom is -0.378 e. The van der Waals surface area contributed by atoms with E-state index >= 15 is 0 Å². The van der Waals surface area contributed by atoms with E-state index < -0.39 is 0 Å². The Morgan fingerprint density at radius 1 is 1.35 bits per heavy atom. The smallest absolute Gasteiger partial charge is 0.122 e. The van der Waals surface area contributed by atoms with E-state index in [0.29, 0.717) is 12.5 Å². The molecular weight excluding hydrogens is 272 g/mol. The van der Waals surface area contributed by atoms with Gasteiger partial charge >= 0.3 is 0 Å². The molecule has 1 aromatic heterocycles. The van der Waals surface area contributed by atoms with Crippen LogP contribution in [-0.2, 0) is 22.6 Å². The zero-order valence-electron chi connectivity index (χ0n) is 13.2. The third-order valence-corrected chi connectivity index (χ3v) is 4.56. The van der Waals surface area contributed by atoms with Crippen molar-refractivity contribution in [2.45, 2.75) is 58.4 Å². The molecule has 1 unspecified atom stereocenters. The Bertz CT molecular complexity index is 436. The number of hydrogen-bond donors (Lipinski definition) is 1. The molecule has 5 heteroatoms. The van der Waals surface area contributed by atoms with Crippen molar-refractivity contribution in [2.75, 3.05) is 14.2 Å². The van der Waals surface area contributed by atoms with Crippen LogP contribution in [-0.4, -0.2) is 24.7 Å². The van der Waals surface area contributed by atoms with Gasteiger partial charge in [-0.05, 0) is 39.5 Å². The van der Waals surface area contributed by atoms with E-state index in [1.807, 2.05) is 0 Å². The first-order valence-corrected chi connectivity index (χ1v) is 8.01. The van der Waals surface area contributed by atoms with Crippen LogP contribution in [0.4, 0.5) is 0 Å². The van der Waals surface area contributed by atoms with Crippen LogP contribution in [0.2, 0.25) is 0 Å². The van der Waals surface area contributed by atoms with Crippen molar-refractivity contribution >= 4 is 11.3 Å². The highest BCUT2D eigenvalue weighted by Gasteiger charge is 2.35. The van der Waals surface area contributed by atoms with E-state index in [-0.39, 0.29) is 11.6 Å². The fourth-order valence-corrected chi connectivity index (χ4v) is 3.33. The number of nitrogens with one attached hydrogen (secondary N) is 1. The van der Waals surface area contributed by atoms with Crippen molar-refractivity contribution in [3.05, 3.63) is 15.6 Å². The van der Waals surface area contributed by atoms with Gasteiger partial charge in [0, 0.05) is 31.2 Å². The molecule has 1 atom stereocenters. The number of nitrogens with zero attached hydrogens (tertiary/aromatic N) is 1.